The highest BCUT2D eigenvalue weighted by Gasteiger charge is 2.40. The monoisotopic (exact) mass is 481 g/mol. The largest absolute Gasteiger partial charge is 0.434 e. The van der Waals surface area contributed by atoms with Crippen molar-refractivity contribution in [3.05, 3.63) is 47.4 Å². The first kappa shape index (κ1) is 23.0. The van der Waals surface area contributed by atoms with E-state index in [1.54, 1.807) is 17.0 Å². The lowest BCUT2D eigenvalue weighted by molar-refractivity contribution is -0.141. The number of nitrogens with two attached hydrogens (primary N) is 1. The number of primary amides is 1. The molecule has 0 aliphatic carbocycles. The van der Waals surface area contributed by atoms with E-state index in [1.165, 1.54) is 6.07 Å². The third-order valence-corrected chi connectivity index (χ3v) is 6.85. The molecule has 176 valence electrons. The number of anilines is 1. The third-order valence-electron chi connectivity index (χ3n) is 5.74. The number of fused-ring (bicyclic) bond motifs is 3. The molecular weight excluding hydrogens is 459 g/mol. The van der Waals surface area contributed by atoms with E-state index in [4.69, 9.17) is 5.73 Å². The molecule has 0 bridgehead atoms. The zero-order valence-electron chi connectivity index (χ0n) is 18.1. The van der Waals surface area contributed by atoms with Gasteiger partial charge >= 0.3 is 6.18 Å². The lowest BCUT2D eigenvalue weighted by Gasteiger charge is -2.39. The molecule has 2 aromatic heterocycles. The van der Waals surface area contributed by atoms with E-state index < -0.39 is 33.2 Å². The Morgan fingerprint density at radius 3 is 2.48 bits per heavy atom. The van der Waals surface area contributed by atoms with Crippen LogP contribution in [0.2, 0.25) is 0 Å². The molecule has 1 aliphatic rings. The van der Waals surface area contributed by atoms with Gasteiger partial charge in [0.15, 0.2) is 15.5 Å². The number of hydrogen-bond donors (Lipinski definition) is 1. The van der Waals surface area contributed by atoms with Gasteiger partial charge in [0.05, 0.1) is 16.5 Å². The molecule has 0 spiro atoms. The van der Waals surface area contributed by atoms with Gasteiger partial charge in [-0.25, -0.2) is 18.4 Å². The fourth-order valence-corrected chi connectivity index (χ4v) is 4.96. The van der Waals surface area contributed by atoms with E-state index in [-0.39, 0.29) is 29.3 Å². The molecule has 0 fully saturated rings. The zero-order valence-corrected chi connectivity index (χ0v) is 18.9. The minimum atomic E-state index is -4.87. The van der Waals surface area contributed by atoms with Crippen LogP contribution in [-0.4, -0.2) is 41.7 Å². The molecule has 8 nitrogen and oxygen atoms in total. The lowest BCUT2D eigenvalue weighted by atomic mass is 9.97. The Balaban J connectivity index is 1.85. The molecule has 12 heteroatoms. The molecule has 1 aliphatic heterocycles. The second-order valence-electron chi connectivity index (χ2n) is 8.39. The second kappa shape index (κ2) is 7.72. The fraction of sp³-hybridized carbons (Fsp3) is 0.381. The molecule has 33 heavy (non-hydrogen) atoms. The van der Waals surface area contributed by atoms with Gasteiger partial charge < -0.3 is 15.2 Å². The fourth-order valence-electron chi connectivity index (χ4n) is 4.32. The number of carbonyl (C=O) groups is 1. The van der Waals surface area contributed by atoms with Crippen molar-refractivity contribution in [1.29, 1.82) is 0 Å². The van der Waals surface area contributed by atoms with E-state index in [0.29, 0.717) is 6.54 Å². The van der Waals surface area contributed by atoms with Crippen LogP contribution < -0.4 is 10.6 Å². The summed E-state index contributed by atoms with van der Waals surface area (Å²) >= 11 is 0. The Bertz CT molecular complexity index is 1370. The summed E-state index contributed by atoms with van der Waals surface area (Å²) in [6.07, 6.45) is -2.92. The molecule has 1 amide bonds. The van der Waals surface area contributed by atoms with Crippen LogP contribution in [-0.2, 0) is 22.6 Å². The molecule has 1 atom stereocenters. The summed E-state index contributed by atoms with van der Waals surface area (Å²) in [4.78, 5) is 21.1. The van der Waals surface area contributed by atoms with Crippen molar-refractivity contribution in [2.24, 2.45) is 11.7 Å². The summed E-state index contributed by atoms with van der Waals surface area (Å²) in [6, 6.07) is 6.39. The molecule has 3 heterocycles. The van der Waals surface area contributed by atoms with Gasteiger partial charge in [0.1, 0.15) is 0 Å². The van der Waals surface area contributed by atoms with E-state index >= 15 is 0 Å². The maximum atomic E-state index is 13.6. The number of halogens is 3. The standard InChI is InChI=1S/C21H22F3N5O3S/c1-11(2)17-16-8-12-4-5-13(33(3,31)32)9-15(12)28(16)6-7-29(17)20-26-10-14(19(25)30)18(27-20)21(22,23)24/h4-5,8-11,17H,6-7H2,1-3H3,(H2,25,30). The molecule has 2 N–H and O–H groups in total. The summed E-state index contributed by atoms with van der Waals surface area (Å²) in [5, 5.41) is 0.825. The Morgan fingerprint density at radius 1 is 1.21 bits per heavy atom. The van der Waals surface area contributed by atoms with Gasteiger partial charge in [0, 0.05) is 42.1 Å². The molecule has 1 unspecified atom stereocenters. The summed E-state index contributed by atoms with van der Waals surface area (Å²) in [6.45, 7) is 4.53. The van der Waals surface area contributed by atoms with Crippen LogP contribution in [0.3, 0.4) is 0 Å². The number of aromatic nitrogens is 3. The second-order valence-corrected chi connectivity index (χ2v) is 10.4. The Labute approximate surface area is 188 Å². The van der Waals surface area contributed by atoms with E-state index in [2.05, 4.69) is 9.97 Å². The van der Waals surface area contributed by atoms with Gasteiger partial charge in [-0.15, -0.1) is 0 Å². The van der Waals surface area contributed by atoms with E-state index in [9.17, 15) is 26.4 Å². The Kier molecular flexibility index (Phi) is 5.38. The Morgan fingerprint density at radius 2 is 1.91 bits per heavy atom. The number of sulfone groups is 1. The van der Waals surface area contributed by atoms with Gasteiger partial charge in [-0.3, -0.25) is 4.79 Å². The molecule has 0 saturated heterocycles. The summed E-state index contributed by atoms with van der Waals surface area (Å²) in [5.41, 5.74) is 4.48. The van der Waals surface area contributed by atoms with Crippen LogP contribution in [0.4, 0.5) is 19.1 Å². The smallest absolute Gasteiger partial charge is 0.365 e. The molecule has 3 aromatic rings. The van der Waals surface area contributed by atoms with E-state index in [1.807, 2.05) is 24.5 Å². The number of hydrogen-bond acceptors (Lipinski definition) is 6. The van der Waals surface area contributed by atoms with Gasteiger partial charge in [-0.2, -0.15) is 13.2 Å². The topological polar surface area (TPSA) is 111 Å². The first-order valence-corrected chi connectivity index (χ1v) is 12.0. The maximum absolute atomic E-state index is 13.6. The number of amides is 1. The minimum absolute atomic E-state index is 0.0449. The highest BCUT2D eigenvalue weighted by molar-refractivity contribution is 7.90. The van der Waals surface area contributed by atoms with Crippen LogP contribution >= 0.6 is 0 Å². The number of nitrogens with zero attached hydrogens (tertiary/aromatic N) is 4. The molecular formula is C21H22F3N5O3S. The zero-order chi connectivity index (χ0) is 24.3. The number of rotatable bonds is 4. The van der Waals surface area contributed by atoms with Crippen molar-refractivity contribution < 1.29 is 26.4 Å². The number of benzene rings is 1. The average molecular weight is 482 g/mol. The summed E-state index contributed by atoms with van der Waals surface area (Å²) in [5.74, 6) is -1.45. The third kappa shape index (κ3) is 4.03. The Hall–Kier alpha value is -3.15. The van der Waals surface area contributed by atoms with Crippen LogP contribution in [0.5, 0.6) is 0 Å². The van der Waals surface area contributed by atoms with Crippen LogP contribution in [0.1, 0.15) is 41.6 Å². The predicted molar refractivity (Wildman–Crippen MR) is 116 cm³/mol. The van der Waals surface area contributed by atoms with Crippen molar-refractivity contribution in [3.8, 4) is 0 Å². The molecule has 0 saturated carbocycles. The number of alkyl halides is 3. The molecule has 4 rings (SSSR count). The maximum Gasteiger partial charge on any atom is 0.434 e. The highest BCUT2D eigenvalue weighted by Crippen LogP contribution is 2.39. The lowest BCUT2D eigenvalue weighted by Crippen LogP contribution is -2.41. The van der Waals surface area contributed by atoms with Gasteiger partial charge in [-0.05, 0) is 24.1 Å². The SMILES string of the molecule is CC(C)C1c2cc3ccc(S(C)(=O)=O)cc3n2CCN1c1ncc(C(N)=O)c(C(F)(F)F)n1. The highest BCUT2D eigenvalue weighted by atomic mass is 32.2. The first-order chi connectivity index (χ1) is 15.3. The van der Waals surface area contributed by atoms with Gasteiger partial charge in [-0.1, -0.05) is 19.9 Å². The first-order valence-electron chi connectivity index (χ1n) is 10.1. The van der Waals surface area contributed by atoms with Crippen LogP contribution in [0, 0.1) is 5.92 Å². The quantitative estimate of drug-likeness (QED) is 0.613. The van der Waals surface area contributed by atoms with Crippen molar-refractivity contribution in [2.45, 2.75) is 37.5 Å². The average Bonchev–Trinajstić information content (AvgIpc) is 3.08. The van der Waals surface area contributed by atoms with Gasteiger partial charge in [0.25, 0.3) is 5.91 Å². The summed E-state index contributed by atoms with van der Waals surface area (Å²) < 4.78 is 66.7. The van der Waals surface area contributed by atoms with Crippen LogP contribution in [0.25, 0.3) is 10.9 Å². The van der Waals surface area contributed by atoms with Crippen molar-refractivity contribution in [1.82, 2.24) is 14.5 Å². The minimum Gasteiger partial charge on any atom is -0.365 e. The van der Waals surface area contributed by atoms with Crippen molar-refractivity contribution >= 4 is 32.6 Å². The molecule has 1 aromatic carbocycles. The van der Waals surface area contributed by atoms with E-state index in [0.717, 1.165) is 29.0 Å². The molecule has 0 radical (unpaired) electrons. The van der Waals surface area contributed by atoms with Gasteiger partial charge in [0.2, 0.25) is 5.95 Å². The van der Waals surface area contributed by atoms with Crippen molar-refractivity contribution in [3.63, 3.8) is 0 Å². The van der Waals surface area contributed by atoms with Crippen molar-refractivity contribution in [2.75, 3.05) is 17.7 Å². The predicted octanol–water partition coefficient (Wildman–Crippen LogP) is 3.17. The normalized spacial score (nSPS) is 16.9. The summed E-state index contributed by atoms with van der Waals surface area (Å²) in [7, 11) is -3.40. The van der Waals surface area contributed by atoms with Crippen LogP contribution in [0.15, 0.2) is 35.4 Å². The number of carbonyl (C=O) groups excluding carboxylic acids is 1.